The third-order valence-corrected chi connectivity index (χ3v) is 24.5. The highest BCUT2D eigenvalue weighted by Gasteiger charge is 2.54. The largest absolute Gasteiger partial charge is 0.394 e. The highest BCUT2D eigenvalue weighted by atomic mass is 16.8. The van der Waals surface area contributed by atoms with Crippen LogP contribution < -0.4 is 5.32 Å². The Morgan fingerprint density at radius 1 is 0.307 bits per heavy atom. The molecule has 0 aliphatic carbocycles. The van der Waals surface area contributed by atoms with E-state index >= 15 is 0 Å². The lowest BCUT2D eigenvalue weighted by Crippen LogP contribution is -2.66. The van der Waals surface area contributed by atoms with Crippen molar-refractivity contribution in [1.29, 1.82) is 0 Å². The van der Waals surface area contributed by atoms with Crippen LogP contribution in [-0.2, 0) is 33.2 Å². The minimum atomic E-state index is -1.98. The van der Waals surface area contributed by atoms with Crippen LogP contribution in [0.25, 0.3) is 0 Å². The second-order valence-electron chi connectivity index (χ2n) is 34.9. The number of ether oxygens (including phenoxy) is 6. The summed E-state index contributed by atoms with van der Waals surface area (Å²) in [4.78, 5) is 13.5. The zero-order valence-corrected chi connectivity index (χ0v) is 73.1. The fraction of sp³-hybridized carbons (Fsp3) is 0.947. The van der Waals surface area contributed by atoms with Gasteiger partial charge in [0.1, 0.15) is 73.2 Å². The van der Waals surface area contributed by atoms with Crippen molar-refractivity contribution in [2.75, 3.05) is 26.4 Å². The van der Waals surface area contributed by atoms with Crippen LogP contribution >= 0.6 is 0 Å². The van der Waals surface area contributed by atoms with E-state index in [0.29, 0.717) is 6.42 Å². The third kappa shape index (κ3) is 52.6. The van der Waals surface area contributed by atoms with Crippen LogP contribution in [0.15, 0.2) is 24.3 Å². The van der Waals surface area contributed by atoms with Gasteiger partial charge in [0.05, 0.1) is 38.6 Å². The van der Waals surface area contributed by atoms with Gasteiger partial charge in [0.2, 0.25) is 5.91 Å². The molecule has 3 heterocycles. The molecule has 0 aromatic rings. The van der Waals surface area contributed by atoms with Crippen LogP contribution in [0.5, 0.6) is 0 Å². The summed E-state index contributed by atoms with van der Waals surface area (Å²) in [7, 11) is 0. The SMILES string of the molecule is CCCCCCCCCC/C=C\CCCCCCCCCCCCCCCCCCCCCCCCCCCCCC(=O)NC(COC1OC(CO)C(OC2OC(CO)C(OC3OC(CO)C(O)C(O)C3O)C(O)C2O)C(O)C1O)C(O)/C=C/CCCCCCCCCCCCCCCCCCCCCCCCCCCCCC. The van der Waals surface area contributed by atoms with Crippen LogP contribution in [0.2, 0.25) is 0 Å². The van der Waals surface area contributed by atoms with Gasteiger partial charge in [-0.25, -0.2) is 0 Å². The first kappa shape index (κ1) is 106. The molecule has 3 rings (SSSR count). The average molecular weight is 1630 g/mol. The van der Waals surface area contributed by atoms with E-state index in [-0.39, 0.29) is 18.9 Å². The molecule has 0 saturated carbocycles. The number of hydrogen-bond donors (Lipinski definition) is 12. The average Bonchev–Trinajstić information content (AvgIpc) is 0.783. The molecule has 3 fully saturated rings. The number of carbonyl (C=O) groups is 1. The molecule has 674 valence electrons. The number of hydrogen-bond acceptors (Lipinski definition) is 18. The van der Waals surface area contributed by atoms with E-state index in [9.17, 15) is 61.0 Å². The Hall–Kier alpha value is -1.73. The first-order valence-corrected chi connectivity index (χ1v) is 48.6. The maximum absolute atomic E-state index is 13.5. The molecule has 12 N–H and O–H groups in total. The van der Waals surface area contributed by atoms with E-state index in [0.717, 1.165) is 44.9 Å². The standard InChI is InChI=1S/C95H181NO18/c1-3-5-7-9-11-13-15-17-19-21-23-25-27-29-31-33-35-36-37-38-39-40-41-42-43-45-47-49-51-53-55-57-59-61-63-65-67-69-71-73-83(101)96-78(79(100)72-70-68-66-64-62-60-58-56-54-52-50-48-46-44-34-32-30-28-26-24-22-20-18-16-14-12-10-8-6-4-2)77-109-93-89(107)86(104)91(81(75-98)111-93)114-95-90(108)87(105)92(82(76-99)112-95)113-94-88(106)85(103)84(102)80(74-97)110-94/h21,23,70,72,78-82,84-95,97-100,102-108H,3-20,22,24-69,71,73-77H2,1-2H3,(H,96,101)/b23-21-,72-70+. The van der Waals surface area contributed by atoms with E-state index in [1.165, 1.54) is 372 Å². The van der Waals surface area contributed by atoms with E-state index < -0.39 is 124 Å². The van der Waals surface area contributed by atoms with E-state index in [4.69, 9.17) is 28.4 Å². The summed E-state index contributed by atoms with van der Waals surface area (Å²) in [6.07, 6.45) is 69.3. The van der Waals surface area contributed by atoms with Gasteiger partial charge in [0, 0.05) is 6.42 Å². The fourth-order valence-corrected chi connectivity index (χ4v) is 16.8. The molecule has 3 saturated heterocycles. The predicted octanol–water partition coefficient (Wildman–Crippen LogP) is 19.6. The molecular weight excluding hydrogens is 1440 g/mol. The maximum Gasteiger partial charge on any atom is 0.220 e. The molecule has 114 heavy (non-hydrogen) atoms. The van der Waals surface area contributed by atoms with Gasteiger partial charge in [-0.3, -0.25) is 4.79 Å². The van der Waals surface area contributed by atoms with Gasteiger partial charge in [-0.2, -0.15) is 0 Å². The van der Waals surface area contributed by atoms with E-state index in [2.05, 4.69) is 31.3 Å². The van der Waals surface area contributed by atoms with Gasteiger partial charge >= 0.3 is 0 Å². The van der Waals surface area contributed by atoms with Gasteiger partial charge in [0.25, 0.3) is 0 Å². The Morgan fingerprint density at radius 3 is 0.851 bits per heavy atom. The van der Waals surface area contributed by atoms with Crippen LogP contribution in [-0.4, -0.2) is 193 Å². The monoisotopic (exact) mass is 1620 g/mol. The molecule has 1 amide bonds. The normalized spacial score (nSPS) is 24.7. The Balaban J connectivity index is 1.29. The molecule has 19 heteroatoms. The fourth-order valence-electron chi connectivity index (χ4n) is 16.8. The van der Waals surface area contributed by atoms with Crippen molar-refractivity contribution in [2.45, 2.75) is 548 Å². The lowest BCUT2D eigenvalue weighted by molar-refractivity contribution is -0.379. The summed E-state index contributed by atoms with van der Waals surface area (Å²) in [6, 6.07) is -0.973. The maximum atomic E-state index is 13.5. The van der Waals surface area contributed by atoms with Crippen LogP contribution in [0.3, 0.4) is 0 Å². The smallest absolute Gasteiger partial charge is 0.220 e. The molecule has 17 atom stereocenters. The van der Waals surface area contributed by atoms with Crippen molar-refractivity contribution in [3.8, 4) is 0 Å². The number of unbranched alkanes of at least 4 members (excludes halogenated alkanes) is 63. The molecule has 3 aliphatic rings. The Bertz CT molecular complexity index is 2140. The van der Waals surface area contributed by atoms with Gasteiger partial charge in [-0.05, 0) is 44.9 Å². The summed E-state index contributed by atoms with van der Waals surface area (Å²) in [5.74, 6) is -0.265. The third-order valence-electron chi connectivity index (χ3n) is 24.5. The van der Waals surface area contributed by atoms with Gasteiger partial charge < -0.3 is 89.9 Å². The number of allylic oxidation sites excluding steroid dienone is 3. The Kier molecular flexibility index (Phi) is 70.1. The summed E-state index contributed by atoms with van der Waals surface area (Å²) < 4.78 is 34.6. The van der Waals surface area contributed by atoms with Gasteiger partial charge in [0.15, 0.2) is 18.9 Å². The van der Waals surface area contributed by atoms with Crippen LogP contribution in [0, 0.1) is 0 Å². The van der Waals surface area contributed by atoms with Crippen molar-refractivity contribution in [1.82, 2.24) is 5.32 Å². The van der Waals surface area contributed by atoms with Crippen LogP contribution in [0.1, 0.15) is 444 Å². The summed E-state index contributed by atoms with van der Waals surface area (Å²) in [5, 5.41) is 121. The molecule has 0 radical (unpaired) electrons. The summed E-state index contributed by atoms with van der Waals surface area (Å²) in [6.45, 7) is 1.82. The van der Waals surface area contributed by atoms with Gasteiger partial charge in [-0.1, -0.05) is 417 Å². The number of aliphatic hydroxyl groups excluding tert-OH is 11. The van der Waals surface area contributed by atoms with Crippen molar-refractivity contribution in [3.05, 3.63) is 24.3 Å². The quantitative estimate of drug-likeness (QED) is 0.0199. The minimum Gasteiger partial charge on any atom is -0.394 e. The number of carbonyl (C=O) groups excluding carboxylic acids is 1. The number of rotatable bonds is 81. The second kappa shape index (κ2) is 75.0. The number of aliphatic hydroxyl groups is 11. The highest BCUT2D eigenvalue weighted by Crippen LogP contribution is 2.34. The van der Waals surface area contributed by atoms with Crippen molar-refractivity contribution >= 4 is 5.91 Å². The first-order chi connectivity index (χ1) is 55.8. The molecule has 0 spiro atoms. The zero-order chi connectivity index (χ0) is 82.4. The van der Waals surface area contributed by atoms with E-state index in [1.54, 1.807) is 6.08 Å². The number of nitrogens with one attached hydrogen (secondary N) is 1. The second-order valence-corrected chi connectivity index (χ2v) is 34.9. The minimum absolute atomic E-state index is 0.250. The molecule has 0 aromatic heterocycles. The molecule has 19 nitrogen and oxygen atoms in total. The molecule has 0 bridgehead atoms. The topological polar surface area (TPSA) is 307 Å². The predicted molar refractivity (Wildman–Crippen MR) is 462 cm³/mol. The Labute approximate surface area is 696 Å². The van der Waals surface area contributed by atoms with Crippen molar-refractivity contribution in [2.24, 2.45) is 0 Å². The molecule has 0 aromatic carbocycles. The van der Waals surface area contributed by atoms with Crippen molar-refractivity contribution < 1.29 is 89.4 Å². The lowest BCUT2D eigenvalue weighted by atomic mass is 9.96. The van der Waals surface area contributed by atoms with E-state index in [1.807, 2.05) is 6.08 Å². The van der Waals surface area contributed by atoms with Gasteiger partial charge in [-0.15, -0.1) is 0 Å². The highest BCUT2D eigenvalue weighted by molar-refractivity contribution is 5.76. The molecule has 3 aliphatic heterocycles. The zero-order valence-electron chi connectivity index (χ0n) is 73.1. The number of amides is 1. The summed E-state index contributed by atoms with van der Waals surface area (Å²) in [5.41, 5.74) is 0. The van der Waals surface area contributed by atoms with Crippen LogP contribution in [0.4, 0.5) is 0 Å². The summed E-state index contributed by atoms with van der Waals surface area (Å²) >= 11 is 0. The van der Waals surface area contributed by atoms with Crippen molar-refractivity contribution in [3.63, 3.8) is 0 Å². The Morgan fingerprint density at radius 2 is 0.553 bits per heavy atom. The molecule has 17 unspecified atom stereocenters. The molecular formula is C95H181NO18. The first-order valence-electron chi connectivity index (χ1n) is 48.6. The lowest BCUT2D eigenvalue weighted by Gasteiger charge is -2.48.